The Morgan fingerprint density at radius 1 is 1.11 bits per heavy atom. The van der Waals surface area contributed by atoms with E-state index in [1.165, 1.54) is 30.5 Å². The van der Waals surface area contributed by atoms with Crippen molar-refractivity contribution in [2.45, 2.75) is 59.9 Å². The quantitative estimate of drug-likeness (QED) is 0.783. The van der Waals surface area contributed by atoms with Crippen molar-refractivity contribution in [1.82, 2.24) is 10.3 Å². The summed E-state index contributed by atoms with van der Waals surface area (Å²) in [5.41, 5.74) is 3.65. The van der Waals surface area contributed by atoms with Crippen LogP contribution in [-0.4, -0.2) is 11.5 Å². The molecule has 0 fully saturated rings. The Kier molecular flexibility index (Phi) is 6.34. The van der Waals surface area contributed by atoms with Crippen LogP contribution in [0.3, 0.4) is 0 Å². The van der Waals surface area contributed by atoms with Gasteiger partial charge in [-0.2, -0.15) is 0 Å². The molecular formula is C16H28N2. The fraction of sp³-hybridized carbons (Fsp3) is 0.688. The van der Waals surface area contributed by atoms with Gasteiger partial charge in [0.25, 0.3) is 0 Å². The maximum Gasteiger partial charge on any atom is 0.0423 e. The number of hydrogen-bond donors (Lipinski definition) is 1. The van der Waals surface area contributed by atoms with Crippen LogP contribution < -0.4 is 5.32 Å². The third-order valence-electron chi connectivity index (χ3n) is 3.82. The summed E-state index contributed by atoms with van der Waals surface area (Å²) in [6.07, 6.45) is 3.74. The van der Waals surface area contributed by atoms with E-state index in [9.17, 15) is 0 Å². The summed E-state index contributed by atoms with van der Waals surface area (Å²) in [6.45, 7) is 11.9. The van der Waals surface area contributed by atoms with Gasteiger partial charge in [0, 0.05) is 17.4 Å². The molecule has 0 spiro atoms. The predicted octanol–water partition coefficient (Wildman–Crippen LogP) is 4.18. The summed E-state index contributed by atoms with van der Waals surface area (Å²) in [4.78, 5) is 4.60. The van der Waals surface area contributed by atoms with E-state index in [1.54, 1.807) is 0 Å². The molecule has 0 saturated carbocycles. The number of rotatable bonds is 7. The van der Waals surface area contributed by atoms with Crippen LogP contribution >= 0.6 is 0 Å². The molecule has 1 atom stereocenters. The first-order chi connectivity index (χ1) is 8.62. The minimum atomic E-state index is 0.452. The van der Waals surface area contributed by atoms with Crippen molar-refractivity contribution in [3.63, 3.8) is 0 Å². The molecule has 1 rings (SSSR count). The molecule has 0 bridgehead atoms. The number of pyridine rings is 1. The van der Waals surface area contributed by atoms with E-state index in [-0.39, 0.29) is 0 Å². The first-order valence-electron chi connectivity index (χ1n) is 7.29. The Morgan fingerprint density at radius 3 is 2.28 bits per heavy atom. The maximum absolute atomic E-state index is 4.60. The van der Waals surface area contributed by atoms with Gasteiger partial charge in [-0.3, -0.25) is 4.98 Å². The first-order valence-corrected chi connectivity index (χ1v) is 7.29. The Labute approximate surface area is 112 Å². The minimum Gasteiger partial charge on any atom is -0.310 e. The zero-order valence-corrected chi connectivity index (χ0v) is 12.6. The van der Waals surface area contributed by atoms with E-state index in [2.05, 4.69) is 57.1 Å². The van der Waals surface area contributed by atoms with Crippen molar-refractivity contribution in [2.24, 2.45) is 5.92 Å². The number of nitrogens with one attached hydrogen (secondary N) is 1. The van der Waals surface area contributed by atoms with Crippen LogP contribution in [0.15, 0.2) is 12.1 Å². The lowest BCUT2D eigenvalue weighted by Gasteiger charge is -2.24. The van der Waals surface area contributed by atoms with Crippen molar-refractivity contribution in [1.29, 1.82) is 0 Å². The predicted molar refractivity (Wildman–Crippen MR) is 78.8 cm³/mol. The molecule has 0 aliphatic rings. The number of nitrogens with zero attached hydrogens (tertiary/aromatic N) is 1. The van der Waals surface area contributed by atoms with Crippen molar-refractivity contribution in [2.75, 3.05) is 6.54 Å². The van der Waals surface area contributed by atoms with Crippen LogP contribution in [0.2, 0.25) is 0 Å². The second-order valence-electron chi connectivity index (χ2n) is 5.16. The number of aryl methyl sites for hydroxylation is 2. The monoisotopic (exact) mass is 248 g/mol. The summed E-state index contributed by atoms with van der Waals surface area (Å²) in [7, 11) is 0. The van der Waals surface area contributed by atoms with Gasteiger partial charge in [-0.1, -0.05) is 39.7 Å². The Hall–Kier alpha value is -0.890. The SMILES string of the molecule is CCNC(CC(CC)CC)c1ccc(C)nc1C. The topological polar surface area (TPSA) is 24.9 Å². The van der Waals surface area contributed by atoms with E-state index < -0.39 is 0 Å². The van der Waals surface area contributed by atoms with Gasteiger partial charge in [-0.25, -0.2) is 0 Å². The van der Waals surface area contributed by atoms with Crippen molar-refractivity contribution in [3.05, 3.63) is 29.1 Å². The van der Waals surface area contributed by atoms with Gasteiger partial charge in [0.15, 0.2) is 0 Å². The molecule has 18 heavy (non-hydrogen) atoms. The molecule has 1 heterocycles. The first kappa shape index (κ1) is 15.2. The molecule has 0 aromatic carbocycles. The van der Waals surface area contributed by atoms with Crippen LogP contribution in [0.5, 0.6) is 0 Å². The number of hydrogen-bond acceptors (Lipinski definition) is 2. The second kappa shape index (κ2) is 7.52. The van der Waals surface area contributed by atoms with Gasteiger partial charge in [0.2, 0.25) is 0 Å². The standard InChI is InChI=1S/C16H28N2/c1-6-14(7-2)11-16(17-8-3)15-10-9-12(4)18-13(15)5/h9-10,14,16-17H,6-8,11H2,1-5H3. The fourth-order valence-corrected chi connectivity index (χ4v) is 2.59. The molecule has 1 unspecified atom stereocenters. The Bertz CT molecular complexity index is 356. The maximum atomic E-state index is 4.60. The van der Waals surface area contributed by atoms with Crippen molar-refractivity contribution < 1.29 is 0 Å². The average Bonchev–Trinajstić information content (AvgIpc) is 2.35. The van der Waals surface area contributed by atoms with Crippen LogP contribution in [0.25, 0.3) is 0 Å². The van der Waals surface area contributed by atoms with Gasteiger partial charge >= 0.3 is 0 Å². The average molecular weight is 248 g/mol. The van der Waals surface area contributed by atoms with Gasteiger partial charge in [0.1, 0.15) is 0 Å². The van der Waals surface area contributed by atoms with Crippen LogP contribution in [0.4, 0.5) is 0 Å². The van der Waals surface area contributed by atoms with E-state index in [0.29, 0.717) is 6.04 Å². The molecule has 0 aliphatic heterocycles. The Balaban J connectivity index is 2.89. The van der Waals surface area contributed by atoms with Gasteiger partial charge in [0.05, 0.1) is 0 Å². The van der Waals surface area contributed by atoms with Crippen molar-refractivity contribution in [3.8, 4) is 0 Å². The molecule has 2 nitrogen and oxygen atoms in total. The summed E-state index contributed by atoms with van der Waals surface area (Å²) in [5, 5.41) is 3.62. The zero-order chi connectivity index (χ0) is 13.5. The smallest absolute Gasteiger partial charge is 0.0423 e. The Morgan fingerprint density at radius 2 is 1.78 bits per heavy atom. The summed E-state index contributed by atoms with van der Waals surface area (Å²) in [6, 6.07) is 4.82. The normalized spacial score (nSPS) is 13.0. The molecule has 0 radical (unpaired) electrons. The van der Waals surface area contributed by atoms with Crippen molar-refractivity contribution >= 4 is 0 Å². The van der Waals surface area contributed by atoms with Crippen LogP contribution in [0, 0.1) is 19.8 Å². The van der Waals surface area contributed by atoms with E-state index in [4.69, 9.17) is 0 Å². The van der Waals surface area contributed by atoms with Crippen LogP contribution in [0.1, 0.15) is 63.0 Å². The molecule has 1 N–H and O–H groups in total. The summed E-state index contributed by atoms with van der Waals surface area (Å²) >= 11 is 0. The molecule has 102 valence electrons. The van der Waals surface area contributed by atoms with E-state index >= 15 is 0 Å². The minimum absolute atomic E-state index is 0.452. The molecule has 1 aromatic heterocycles. The summed E-state index contributed by atoms with van der Waals surface area (Å²) in [5.74, 6) is 0.801. The lowest BCUT2D eigenvalue weighted by molar-refractivity contribution is 0.374. The number of aromatic nitrogens is 1. The zero-order valence-electron chi connectivity index (χ0n) is 12.6. The third kappa shape index (κ3) is 4.09. The van der Waals surface area contributed by atoms with E-state index in [1.807, 2.05) is 0 Å². The van der Waals surface area contributed by atoms with E-state index in [0.717, 1.165) is 18.2 Å². The highest BCUT2D eigenvalue weighted by atomic mass is 14.9. The molecular weight excluding hydrogens is 220 g/mol. The van der Waals surface area contributed by atoms with Crippen LogP contribution in [-0.2, 0) is 0 Å². The molecule has 0 saturated heterocycles. The van der Waals surface area contributed by atoms with Gasteiger partial charge < -0.3 is 5.32 Å². The lowest BCUT2D eigenvalue weighted by Crippen LogP contribution is -2.24. The summed E-state index contributed by atoms with van der Waals surface area (Å²) < 4.78 is 0. The second-order valence-corrected chi connectivity index (χ2v) is 5.16. The third-order valence-corrected chi connectivity index (χ3v) is 3.82. The molecule has 0 aliphatic carbocycles. The highest BCUT2D eigenvalue weighted by Gasteiger charge is 2.17. The largest absolute Gasteiger partial charge is 0.310 e. The lowest BCUT2D eigenvalue weighted by atomic mass is 9.90. The highest BCUT2D eigenvalue weighted by molar-refractivity contribution is 5.25. The fourth-order valence-electron chi connectivity index (χ4n) is 2.59. The molecule has 1 aromatic rings. The highest BCUT2D eigenvalue weighted by Crippen LogP contribution is 2.26. The van der Waals surface area contributed by atoms with Gasteiger partial charge in [-0.05, 0) is 44.4 Å². The van der Waals surface area contributed by atoms with Gasteiger partial charge in [-0.15, -0.1) is 0 Å². The molecule has 2 heteroatoms. The molecule has 0 amide bonds.